The van der Waals surface area contributed by atoms with Crippen LogP contribution >= 0.6 is 0 Å². The molecule has 0 aliphatic carbocycles. The maximum absolute atomic E-state index is 12.0. The highest BCUT2D eigenvalue weighted by molar-refractivity contribution is 5.99. The number of anilines is 1. The summed E-state index contributed by atoms with van der Waals surface area (Å²) >= 11 is 0. The van der Waals surface area contributed by atoms with Crippen molar-refractivity contribution in [1.82, 2.24) is 4.98 Å². The van der Waals surface area contributed by atoms with Crippen molar-refractivity contribution in [2.24, 2.45) is 5.73 Å². The standard InChI is InChI=1S/C14H12F2N4O4/c15-14(16)24-10-3-1-8(18-7-10)6-19-12-4-2-9(20(22)23)5-11(12)13(17)21/h1-5,7,14,19H,6H2,(H2,17,21). The van der Waals surface area contributed by atoms with E-state index in [1.807, 2.05) is 0 Å². The molecule has 10 heteroatoms. The number of halogens is 2. The molecule has 24 heavy (non-hydrogen) atoms. The first-order chi connectivity index (χ1) is 11.4. The number of amides is 1. The fraction of sp³-hybridized carbons (Fsp3) is 0.143. The van der Waals surface area contributed by atoms with Gasteiger partial charge in [-0.15, -0.1) is 0 Å². The number of pyridine rings is 1. The SMILES string of the molecule is NC(=O)c1cc([N+](=O)[O-])ccc1NCc1ccc(OC(F)F)cn1. The van der Waals surface area contributed by atoms with Crippen LogP contribution < -0.4 is 15.8 Å². The van der Waals surface area contributed by atoms with Gasteiger partial charge in [0.2, 0.25) is 0 Å². The zero-order valence-electron chi connectivity index (χ0n) is 12.1. The summed E-state index contributed by atoms with van der Waals surface area (Å²) in [6.45, 7) is -2.79. The third-order valence-corrected chi connectivity index (χ3v) is 2.96. The predicted molar refractivity (Wildman–Crippen MR) is 79.8 cm³/mol. The summed E-state index contributed by atoms with van der Waals surface area (Å²) in [6, 6.07) is 6.42. The molecule has 0 aliphatic heterocycles. The fourth-order valence-electron chi connectivity index (χ4n) is 1.88. The van der Waals surface area contributed by atoms with Gasteiger partial charge in [0.05, 0.1) is 28.9 Å². The molecule has 0 bridgehead atoms. The van der Waals surface area contributed by atoms with Gasteiger partial charge >= 0.3 is 6.61 Å². The molecule has 8 nitrogen and oxygen atoms in total. The van der Waals surface area contributed by atoms with Gasteiger partial charge in [0.15, 0.2) is 0 Å². The van der Waals surface area contributed by atoms with E-state index in [-0.39, 0.29) is 23.5 Å². The average molecular weight is 338 g/mol. The molecule has 126 valence electrons. The third kappa shape index (κ3) is 4.35. The summed E-state index contributed by atoms with van der Waals surface area (Å²) in [5, 5.41) is 13.6. The molecular formula is C14H12F2N4O4. The second kappa shape index (κ2) is 7.31. The number of hydrogen-bond acceptors (Lipinski definition) is 6. The molecule has 0 aliphatic rings. The van der Waals surface area contributed by atoms with E-state index < -0.39 is 17.4 Å². The smallest absolute Gasteiger partial charge is 0.387 e. The number of carbonyl (C=O) groups is 1. The zero-order valence-corrected chi connectivity index (χ0v) is 12.1. The van der Waals surface area contributed by atoms with E-state index >= 15 is 0 Å². The number of nitrogens with zero attached hydrogens (tertiary/aromatic N) is 2. The number of nitro benzene ring substituents is 1. The lowest BCUT2D eigenvalue weighted by Gasteiger charge is -2.10. The molecule has 1 aromatic heterocycles. The normalized spacial score (nSPS) is 10.5. The summed E-state index contributed by atoms with van der Waals surface area (Å²) < 4.78 is 28.3. The Kier molecular flexibility index (Phi) is 5.20. The van der Waals surface area contributed by atoms with Crippen LogP contribution in [-0.2, 0) is 6.54 Å². The van der Waals surface area contributed by atoms with E-state index in [9.17, 15) is 23.7 Å². The molecule has 1 aromatic carbocycles. The van der Waals surface area contributed by atoms with Gasteiger partial charge in [0.25, 0.3) is 11.6 Å². The highest BCUT2D eigenvalue weighted by Crippen LogP contribution is 2.22. The lowest BCUT2D eigenvalue weighted by Crippen LogP contribution is -2.15. The summed E-state index contributed by atoms with van der Waals surface area (Å²) in [5.74, 6) is -0.906. The first-order valence-corrected chi connectivity index (χ1v) is 6.58. The number of alkyl halides is 2. The van der Waals surface area contributed by atoms with Crippen molar-refractivity contribution in [1.29, 1.82) is 0 Å². The molecule has 0 saturated heterocycles. The van der Waals surface area contributed by atoms with Crippen molar-refractivity contribution in [3.8, 4) is 5.75 Å². The summed E-state index contributed by atoms with van der Waals surface area (Å²) in [4.78, 5) is 25.4. The number of nitrogens with one attached hydrogen (secondary N) is 1. The minimum absolute atomic E-state index is 0.0400. The van der Waals surface area contributed by atoms with Crippen LogP contribution in [0.1, 0.15) is 16.1 Å². The minimum Gasteiger partial charge on any atom is -0.433 e. The van der Waals surface area contributed by atoms with Gasteiger partial charge in [-0.2, -0.15) is 8.78 Å². The fourth-order valence-corrected chi connectivity index (χ4v) is 1.88. The van der Waals surface area contributed by atoms with Crippen LogP contribution in [-0.4, -0.2) is 22.4 Å². The van der Waals surface area contributed by atoms with Crippen LogP contribution in [0, 0.1) is 10.1 Å². The number of ether oxygens (including phenoxy) is 1. The van der Waals surface area contributed by atoms with Gasteiger partial charge < -0.3 is 15.8 Å². The van der Waals surface area contributed by atoms with Crippen LogP contribution in [0.25, 0.3) is 0 Å². The highest BCUT2D eigenvalue weighted by atomic mass is 19.3. The van der Waals surface area contributed by atoms with E-state index in [2.05, 4.69) is 15.0 Å². The third-order valence-electron chi connectivity index (χ3n) is 2.96. The molecule has 3 N–H and O–H groups in total. The van der Waals surface area contributed by atoms with Crippen molar-refractivity contribution in [2.75, 3.05) is 5.32 Å². The minimum atomic E-state index is -2.94. The van der Waals surface area contributed by atoms with Gasteiger partial charge in [-0.3, -0.25) is 19.9 Å². The molecule has 1 heterocycles. The van der Waals surface area contributed by atoms with Gasteiger partial charge in [0.1, 0.15) is 5.75 Å². The first-order valence-electron chi connectivity index (χ1n) is 6.58. The maximum Gasteiger partial charge on any atom is 0.387 e. The second-order valence-corrected chi connectivity index (χ2v) is 4.57. The molecule has 0 radical (unpaired) electrons. The number of aromatic nitrogens is 1. The number of carbonyl (C=O) groups excluding carboxylic acids is 1. The van der Waals surface area contributed by atoms with Crippen LogP contribution in [0.4, 0.5) is 20.2 Å². The Morgan fingerprint density at radius 2 is 2.12 bits per heavy atom. The van der Waals surface area contributed by atoms with Crippen LogP contribution in [0.15, 0.2) is 36.5 Å². The molecule has 2 rings (SSSR count). The molecule has 2 aromatic rings. The number of rotatable bonds is 7. The van der Waals surface area contributed by atoms with Crippen LogP contribution in [0.5, 0.6) is 5.75 Å². The number of hydrogen-bond donors (Lipinski definition) is 2. The Morgan fingerprint density at radius 3 is 2.67 bits per heavy atom. The van der Waals surface area contributed by atoms with E-state index in [0.717, 1.165) is 12.3 Å². The monoisotopic (exact) mass is 338 g/mol. The van der Waals surface area contributed by atoms with Crippen molar-refractivity contribution in [3.63, 3.8) is 0 Å². The Bertz CT molecular complexity index is 753. The zero-order chi connectivity index (χ0) is 17.7. The summed E-state index contributed by atoms with van der Waals surface area (Å²) in [6.07, 6.45) is 1.13. The Morgan fingerprint density at radius 1 is 1.38 bits per heavy atom. The van der Waals surface area contributed by atoms with Crippen molar-refractivity contribution in [3.05, 3.63) is 57.9 Å². The quantitative estimate of drug-likeness (QED) is 0.590. The van der Waals surface area contributed by atoms with Crippen LogP contribution in [0.3, 0.4) is 0 Å². The molecule has 0 saturated carbocycles. The summed E-state index contributed by atoms with van der Waals surface area (Å²) in [5.41, 5.74) is 5.68. The molecule has 1 amide bonds. The largest absolute Gasteiger partial charge is 0.433 e. The Labute approximate surface area is 134 Å². The van der Waals surface area contributed by atoms with E-state index in [0.29, 0.717) is 11.4 Å². The number of nitrogens with two attached hydrogens (primary N) is 1. The van der Waals surface area contributed by atoms with E-state index in [1.165, 1.54) is 24.3 Å². The molecular weight excluding hydrogens is 326 g/mol. The van der Waals surface area contributed by atoms with Crippen LogP contribution in [0.2, 0.25) is 0 Å². The van der Waals surface area contributed by atoms with E-state index in [1.54, 1.807) is 0 Å². The molecule has 0 spiro atoms. The molecule has 0 fully saturated rings. The topological polar surface area (TPSA) is 120 Å². The number of nitro groups is 1. The van der Waals surface area contributed by atoms with Crippen molar-refractivity contribution < 1.29 is 23.2 Å². The predicted octanol–water partition coefficient (Wildman–Crippen LogP) is 2.30. The van der Waals surface area contributed by atoms with Gasteiger partial charge in [-0.25, -0.2) is 0 Å². The Hall–Kier alpha value is -3.30. The number of primary amides is 1. The van der Waals surface area contributed by atoms with Gasteiger partial charge in [0, 0.05) is 17.8 Å². The highest BCUT2D eigenvalue weighted by Gasteiger charge is 2.14. The van der Waals surface area contributed by atoms with Gasteiger partial charge in [-0.1, -0.05) is 0 Å². The maximum atomic E-state index is 12.0. The second-order valence-electron chi connectivity index (χ2n) is 4.57. The summed E-state index contributed by atoms with van der Waals surface area (Å²) in [7, 11) is 0. The van der Waals surface area contributed by atoms with Crippen molar-refractivity contribution >= 4 is 17.3 Å². The Balaban J connectivity index is 2.11. The first kappa shape index (κ1) is 17.1. The van der Waals surface area contributed by atoms with Gasteiger partial charge in [-0.05, 0) is 18.2 Å². The van der Waals surface area contributed by atoms with E-state index in [4.69, 9.17) is 5.73 Å². The average Bonchev–Trinajstić information content (AvgIpc) is 2.53. The lowest BCUT2D eigenvalue weighted by atomic mass is 10.1. The molecule has 0 unspecified atom stereocenters. The molecule has 0 atom stereocenters. The van der Waals surface area contributed by atoms with Crippen molar-refractivity contribution in [2.45, 2.75) is 13.2 Å². The number of benzene rings is 1. The number of non-ortho nitro benzene ring substituents is 1. The lowest BCUT2D eigenvalue weighted by molar-refractivity contribution is -0.384.